The van der Waals surface area contributed by atoms with Crippen LogP contribution >= 0.6 is 0 Å². The first kappa shape index (κ1) is 17.5. The first-order chi connectivity index (χ1) is 9.88. The van der Waals surface area contributed by atoms with E-state index in [1.807, 2.05) is 19.1 Å². The van der Waals surface area contributed by atoms with Crippen LogP contribution < -0.4 is 10.6 Å². The number of aliphatic imine (C=N–C) groups is 1. The highest BCUT2D eigenvalue weighted by molar-refractivity contribution is 7.90. The van der Waals surface area contributed by atoms with Crippen LogP contribution in [0.1, 0.15) is 30.9 Å². The van der Waals surface area contributed by atoms with Crippen LogP contribution in [0, 0.1) is 6.92 Å². The Morgan fingerprint density at radius 2 is 2.00 bits per heavy atom. The minimum atomic E-state index is -3.16. The van der Waals surface area contributed by atoms with Gasteiger partial charge in [-0.1, -0.05) is 25.5 Å². The summed E-state index contributed by atoms with van der Waals surface area (Å²) in [5.74, 6) is 0.758. The van der Waals surface area contributed by atoms with E-state index in [1.54, 1.807) is 13.1 Å². The number of rotatable bonds is 6. The van der Waals surface area contributed by atoms with E-state index in [9.17, 15) is 8.42 Å². The molecule has 0 saturated carbocycles. The molecule has 0 radical (unpaired) electrons. The average molecular weight is 311 g/mol. The normalized spacial score (nSPS) is 12.3. The summed E-state index contributed by atoms with van der Waals surface area (Å²) in [5, 5.41) is 6.45. The molecule has 0 aliphatic heterocycles. The third-order valence-corrected chi connectivity index (χ3v) is 4.40. The molecule has 5 nitrogen and oxygen atoms in total. The fraction of sp³-hybridized carbons (Fsp3) is 0.533. The molecule has 21 heavy (non-hydrogen) atoms. The van der Waals surface area contributed by atoms with Crippen molar-refractivity contribution in [1.82, 2.24) is 10.6 Å². The van der Waals surface area contributed by atoms with Crippen LogP contribution in [0.2, 0.25) is 0 Å². The Labute approximate surface area is 127 Å². The van der Waals surface area contributed by atoms with Crippen molar-refractivity contribution < 1.29 is 8.42 Å². The second-order valence-corrected chi connectivity index (χ2v) is 7.06. The van der Waals surface area contributed by atoms with Crippen LogP contribution in [0.4, 0.5) is 0 Å². The molecule has 1 aromatic carbocycles. The quantitative estimate of drug-likeness (QED) is 0.478. The van der Waals surface area contributed by atoms with E-state index < -0.39 is 9.84 Å². The van der Waals surface area contributed by atoms with Gasteiger partial charge in [0.05, 0.1) is 4.90 Å². The highest BCUT2D eigenvalue weighted by Crippen LogP contribution is 2.16. The zero-order chi connectivity index (χ0) is 15.9. The molecule has 0 aliphatic rings. The molecule has 0 heterocycles. The molecule has 0 atom stereocenters. The fourth-order valence-corrected chi connectivity index (χ4v) is 2.99. The summed E-state index contributed by atoms with van der Waals surface area (Å²) < 4.78 is 23.2. The summed E-state index contributed by atoms with van der Waals surface area (Å²) >= 11 is 0. The van der Waals surface area contributed by atoms with Crippen LogP contribution in [0.5, 0.6) is 0 Å². The monoisotopic (exact) mass is 311 g/mol. The zero-order valence-electron chi connectivity index (χ0n) is 13.2. The van der Waals surface area contributed by atoms with E-state index >= 15 is 0 Å². The van der Waals surface area contributed by atoms with Gasteiger partial charge in [0.15, 0.2) is 15.8 Å². The molecule has 0 aromatic heterocycles. The Morgan fingerprint density at radius 3 is 2.52 bits per heavy atom. The first-order valence-corrected chi connectivity index (χ1v) is 9.01. The van der Waals surface area contributed by atoms with E-state index in [4.69, 9.17) is 0 Å². The number of hydrogen-bond acceptors (Lipinski definition) is 3. The Morgan fingerprint density at radius 1 is 1.29 bits per heavy atom. The van der Waals surface area contributed by atoms with Crippen LogP contribution in [-0.2, 0) is 16.4 Å². The van der Waals surface area contributed by atoms with Gasteiger partial charge in [-0.15, -0.1) is 0 Å². The van der Waals surface area contributed by atoms with Gasteiger partial charge >= 0.3 is 0 Å². The van der Waals surface area contributed by atoms with Crippen molar-refractivity contribution in [3.05, 3.63) is 29.3 Å². The summed E-state index contributed by atoms with van der Waals surface area (Å²) in [6, 6.07) is 5.38. The maximum atomic E-state index is 11.6. The predicted octanol–water partition coefficient (Wildman–Crippen LogP) is 1.86. The molecular formula is C15H25N3O2S. The zero-order valence-corrected chi connectivity index (χ0v) is 14.0. The lowest BCUT2D eigenvalue weighted by molar-refractivity contribution is 0.601. The number of aryl methyl sites for hydroxylation is 1. The molecular weight excluding hydrogens is 286 g/mol. The van der Waals surface area contributed by atoms with Gasteiger partial charge in [-0.2, -0.15) is 0 Å². The smallest absolute Gasteiger partial charge is 0.191 e. The molecule has 0 amide bonds. The van der Waals surface area contributed by atoms with E-state index in [0.29, 0.717) is 11.4 Å². The van der Waals surface area contributed by atoms with Gasteiger partial charge in [0.2, 0.25) is 0 Å². The van der Waals surface area contributed by atoms with Crippen LogP contribution in [0.25, 0.3) is 0 Å². The molecule has 118 valence electrons. The Hall–Kier alpha value is -1.56. The number of benzene rings is 1. The highest BCUT2D eigenvalue weighted by atomic mass is 32.2. The molecule has 0 unspecified atom stereocenters. The maximum absolute atomic E-state index is 11.6. The number of guanidine groups is 1. The third-order valence-electron chi connectivity index (χ3n) is 3.15. The largest absolute Gasteiger partial charge is 0.356 e. The van der Waals surface area contributed by atoms with Crippen molar-refractivity contribution in [2.24, 2.45) is 4.99 Å². The van der Waals surface area contributed by atoms with Crippen molar-refractivity contribution in [2.75, 3.05) is 19.8 Å². The van der Waals surface area contributed by atoms with E-state index in [-0.39, 0.29) is 0 Å². The van der Waals surface area contributed by atoms with Gasteiger partial charge in [-0.25, -0.2) is 8.42 Å². The van der Waals surface area contributed by atoms with Gasteiger partial charge in [0.25, 0.3) is 0 Å². The van der Waals surface area contributed by atoms with Gasteiger partial charge < -0.3 is 10.6 Å². The molecule has 0 saturated heterocycles. The van der Waals surface area contributed by atoms with Gasteiger partial charge in [-0.3, -0.25) is 4.99 Å². The minimum Gasteiger partial charge on any atom is -0.356 e. The van der Waals surface area contributed by atoms with Crippen LogP contribution in [0.3, 0.4) is 0 Å². The lowest BCUT2D eigenvalue weighted by Gasteiger charge is -2.12. The summed E-state index contributed by atoms with van der Waals surface area (Å²) in [4.78, 5) is 4.54. The molecule has 1 rings (SSSR count). The molecule has 0 bridgehead atoms. The average Bonchev–Trinajstić information content (AvgIpc) is 2.41. The number of nitrogens with zero attached hydrogens (tertiary/aromatic N) is 1. The summed E-state index contributed by atoms with van der Waals surface area (Å²) in [6.45, 7) is 5.46. The molecule has 6 heteroatoms. The van der Waals surface area contributed by atoms with E-state index in [2.05, 4.69) is 22.5 Å². The highest BCUT2D eigenvalue weighted by Gasteiger charge is 2.10. The molecule has 2 N–H and O–H groups in total. The van der Waals surface area contributed by atoms with Crippen molar-refractivity contribution in [3.63, 3.8) is 0 Å². The van der Waals surface area contributed by atoms with Gasteiger partial charge in [0, 0.05) is 26.4 Å². The lowest BCUT2D eigenvalue weighted by atomic mass is 10.1. The van der Waals surface area contributed by atoms with Gasteiger partial charge in [0.1, 0.15) is 0 Å². The van der Waals surface area contributed by atoms with Crippen molar-refractivity contribution in [2.45, 2.75) is 38.1 Å². The number of unbranched alkanes of at least 4 members (excludes halogenated alkanes) is 1. The molecule has 0 aliphatic carbocycles. The Balaban J connectivity index is 2.66. The van der Waals surface area contributed by atoms with Crippen molar-refractivity contribution in [1.29, 1.82) is 0 Å². The number of hydrogen-bond donors (Lipinski definition) is 2. The first-order valence-electron chi connectivity index (χ1n) is 7.12. The van der Waals surface area contributed by atoms with Crippen LogP contribution in [0.15, 0.2) is 28.1 Å². The van der Waals surface area contributed by atoms with Gasteiger partial charge in [-0.05, 0) is 30.5 Å². The topological polar surface area (TPSA) is 70.6 Å². The standard InChI is InChI=1S/C15H25N3O2S/c1-5-6-9-17-15(16-3)18-11-13-7-8-14(12(2)10-13)21(4,19)20/h7-8,10H,5-6,9,11H2,1-4H3,(H2,16,17,18). The Bertz CT molecular complexity index is 595. The maximum Gasteiger partial charge on any atom is 0.191 e. The minimum absolute atomic E-state index is 0.386. The molecule has 1 aromatic rings. The second-order valence-electron chi connectivity index (χ2n) is 5.08. The van der Waals surface area contributed by atoms with Crippen molar-refractivity contribution in [3.8, 4) is 0 Å². The third kappa shape index (κ3) is 5.75. The Kier molecular flexibility index (Phi) is 6.68. The fourth-order valence-electron chi connectivity index (χ4n) is 2.03. The SMILES string of the molecule is CCCCNC(=NC)NCc1ccc(S(C)(=O)=O)c(C)c1. The predicted molar refractivity (Wildman–Crippen MR) is 87.4 cm³/mol. The summed E-state index contributed by atoms with van der Waals surface area (Å²) in [5.41, 5.74) is 1.80. The van der Waals surface area contributed by atoms with E-state index in [1.165, 1.54) is 6.26 Å². The van der Waals surface area contributed by atoms with Crippen LogP contribution in [-0.4, -0.2) is 34.2 Å². The summed E-state index contributed by atoms with van der Waals surface area (Å²) in [6.07, 6.45) is 3.46. The molecule has 0 spiro atoms. The summed E-state index contributed by atoms with van der Waals surface area (Å²) in [7, 11) is -1.42. The second kappa shape index (κ2) is 8.02. The lowest BCUT2D eigenvalue weighted by Crippen LogP contribution is -2.37. The number of nitrogens with one attached hydrogen (secondary N) is 2. The van der Waals surface area contributed by atoms with E-state index in [0.717, 1.165) is 36.5 Å². The number of sulfone groups is 1. The van der Waals surface area contributed by atoms with Crippen molar-refractivity contribution >= 4 is 15.8 Å². The molecule has 0 fully saturated rings.